The normalized spacial score (nSPS) is 32.3. The average Bonchev–Trinajstić information content (AvgIpc) is 2.91. The Kier molecular flexibility index (Phi) is 3.85. The highest BCUT2D eigenvalue weighted by Crippen LogP contribution is 2.33. The van der Waals surface area contributed by atoms with Gasteiger partial charge in [-0.05, 0) is 25.2 Å². The van der Waals surface area contributed by atoms with E-state index in [0.29, 0.717) is 18.0 Å². The Balaban J connectivity index is 1.76. The minimum absolute atomic E-state index is 0.244. The van der Waals surface area contributed by atoms with Crippen LogP contribution in [-0.4, -0.2) is 24.5 Å². The molecule has 0 aromatic carbocycles. The van der Waals surface area contributed by atoms with Crippen LogP contribution in [0.15, 0.2) is 0 Å². The summed E-state index contributed by atoms with van der Waals surface area (Å²) >= 11 is 0. The molecule has 2 bridgehead atoms. The molecule has 1 amide bonds. The van der Waals surface area contributed by atoms with E-state index in [4.69, 9.17) is 0 Å². The van der Waals surface area contributed by atoms with Gasteiger partial charge in [0, 0.05) is 18.6 Å². The highest BCUT2D eigenvalue weighted by atomic mass is 16.1. The highest BCUT2D eigenvalue weighted by molar-refractivity contribution is 5.80. The van der Waals surface area contributed by atoms with Gasteiger partial charge in [-0.15, -0.1) is 0 Å². The molecule has 2 saturated heterocycles. The smallest absolute Gasteiger partial charge is 0.224 e. The summed E-state index contributed by atoms with van der Waals surface area (Å²) < 4.78 is 0. The van der Waals surface area contributed by atoms with Crippen LogP contribution in [0.4, 0.5) is 0 Å². The maximum absolute atomic E-state index is 12.0. The van der Waals surface area contributed by atoms with Crippen molar-refractivity contribution < 1.29 is 4.79 Å². The molecule has 2 fully saturated rings. The number of hydrogen-bond donors (Lipinski definition) is 2. The first kappa shape index (κ1) is 11.9. The molecule has 2 rings (SSSR count). The van der Waals surface area contributed by atoms with Gasteiger partial charge in [-0.1, -0.05) is 26.7 Å². The summed E-state index contributed by atoms with van der Waals surface area (Å²) in [5.41, 5.74) is 0. The molecule has 16 heavy (non-hydrogen) atoms. The van der Waals surface area contributed by atoms with E-state index in [1.807, 2.05) is 0 Å². The lowest BCUT2D eigenvalue weighted by atomic mass is 9.88. The van der Waals surface area contributed by atoms with E-state index in [9.17, 15) is 4.79 Å². The second-order valence-corrected chi connectivity index (χ2v) is 5.32. The molecule has 0 saturated carbocycles. The van der Waals surface area contributed by atoms with Crippen molar-refractivity contribution in [2.24, 2.45) is 11.8 Å². The summed E-state index contributed by atoms with van der Waals surface area (Å²) in [5.74, 6) is 1.18. The van der Waals surface area contributed by atoms with E-state index >= 15 is 0 Å². The van der Waals surface area contributed by atoms with Gasteiger partial charge >= 0.3 is 0 Å². The lowest BCUT2D eigenvalue weighted by Crippen LogP contribution is -2.39. The zero-order chi connectivity index (χ0) is 11.5. The SMILES string of the molecule is CCC(CC)CNC(=O)C1CC2CCC1N2. The van der Waals surface area contributed by atoms with Crippen LogP contribution in [0.3, 0.4) is 0 Å². The summed E-state index contributed by atoms with van der Waals surface area (Å²) in [5, 5.41) is 6.65. The summed E-state index contributed by atoms with van der Waals surface area (Å²) in [4.78, 5) is 12.0. The van der Waals surface area contributed by atoms with E-state index in [-0.39, 0.29) is 11.8 Å². The van der Waals surface area contributed by atoms with E-state index in [1.165, 1.54) is 12.8 Å². The summed E-state index contributed by atoms with van der Waals surface area (Å²) in [7, 11) is 0. The molecule has 3 heteroatoms. The number of rotatable bonds is 5. The fourth-order valence-corrected chi connectivity index (χ4v) is 3.07. The Hall–Kier alpha value is -0.570. The average molecular weight is 224 g/mol. The second-order valence-electron chi connectivity index (χ2n) is 5.32. The van der Waals surface area contributed by atoms with Crippen molar-refractivity contribution in [3.05, 3.63) is 0 Å². The van der Waals surface area contributed by atoms with E-state index in [1.54, 1.807) is 0 Å². The zero-order valence-corrected chi connectivity index (χ0v) is 10.5. The van der Waals surface area contributed by atoms with Gasteiger partial charge in [-0.25, -0.2) is 0 Å². The highest BCUT2D eigenvalue weighted by Gasteiger charge is 2.42. The van der Waals surface area contributed by atoms with Crippen molar-refractivity contribution in [2.75, 3.05) is 6.54 Å². The largest absolute Gasteiger partial charge is 0.356 e. The van der Waals surface area contributed by atoms with Gasteiger partial charge in [-0.2, -0.15) is 0 Å². The van der Waals surface area contributed by atoms with Gasteiger partial charge < -0.3 is 10.6 Å². The molecule has 2 heterocycles. The third-order valence-corrected chi connectivity index (χ3v) is 4.36. The molecule has 0 aliphatic carbocycles. The first-order chi connectivity index (χ1) is 7.74. The molecule has 0 aromatic rings. The molecule has 0 radical (unpaired) electrons. The van der Waals surface area contributed by atoms with Crippen LogP contribution in [0.2, 0.25) is 0 Å². The van der Waals surface area contributed by atoms with Crippen molar-refractivity contribution in [1.29, 1.82) is 0 Å². The third-order valence-electron chi connectivity index (χ3n) is 4.36. The molecule has 2 aliphatic rings. The van der Waals surface area contributed by atoms with Crippen LogP contribution in [0.1, 0.15) is 46.0 Å². The number of nitrogens with one attached hydrogen (secondary N) is 2. The minimum atomic E-state index is 0.244. The van der Waals surface area contributed by atoms with Gasteiger partial charge in [0.15, 0.2) is 0 Å². The number of carbonyl (C=O) groups is 1. The first-order valence-corrected chi connectivity index (χ1v) is 6.78. The van der Waals surface area contributed by atoms with E-state index in [0.717, 1.165) is 25.8 Å². The fraction of sp³-hybridized carbons (Fsp3) is 0.923. The Morgan fingerprint density at radius 3 is 2.62 bits per heavy atom. The van der Waals surface area contributed by atoms with Gasteiger partial charge in [0.25, 0.3) is 0 Å². The van der Waals surface area contributed by atoms with Crippen molar-refractivity contribution in [2.45, 2.75) is 58.0 Å². The summed E-state index contributed by atoms with van der Waals surface area (Å²) in [6.07, 6.45) is 5.83. The van der Waals surface area contributed by atoms with Crippen molar-refractivity contribution in [3.63, 3.8) is 0 Å². The Morgan fingerprint density at radius 1 is 1.38 bits per heavy atom. The minimum Gasteiger partial charge on any atom is -0.356 e. The van der Waals surface area contributed by atoms with Gasteiger partial charge in [0.05, 0.1) is 5.92 Å². The number of carbonyl (C=O) groups excluding carboxylic acids is 1. The molecule has 3 unspecified atom stereocenters. The predicted octanol–water partition coefficient (Wildman–Crippen LogP) is 1.68. The lowest BCUT2D eigenvalue weighted by molar-refractivity contribution is -0.125. The Morgan fingerprint density at radius 2 is 2.12 bits per heavy atom. The standard InChI is InChI=1S/C13H24N2O/c1-3-9(4-2)8-14-13(16)11-7-10-5-6-12(11)15-10/h9-12,15H,3-8H2,1-2H3,(H,14,16). The molecular formula is C13H24N2O. The lowest BCUT2D eigenvalue weighted by Gasteiger charge is -2.21. The summed E-state index contributed by atoms with van der Waals surface area (Å²) in [6.45, 7) is 5.25. The topological polar surface area (TPSA) is 41.1 Å². The molecule has 0 spiro atoms. The maximum atomic E-state index is 12.0. The Labute approximate surface area is 98.4 Å². The number of fused-ring (bicyclic) bond motifs is 2. The molecule has 2 aliphatic heterocycles. The van der Waals surface area contributed by atoms with Crippen molar-refractivity contribution >= 4 is 5.91 Å². The summed E-state index contributed by atoms with van der Waals surface area (Å²) in [6, 6.07) is 1.08. The van der Waals surface area contributed by atoms with Crippen molar-refractivity contribution in [1.82, 2.24) is 10.6 Å². The van der Waals surface area contributed by atoms with Gasteiger partial charge in [-0.3, -0.25) is 4.79 Å². The predicted molar refractivity (Wildman–Crippen MR) is 65.1 cm³/mol. The van der Waals surface area contributed by atoms with Gasteiger partial charge in [0.2, 0.25) is 5.91 Å². The van der Waals surface area contributed by atoms with E-state index in [2.05, 4.69) is 24.5 Å². The Bertz CT molecular complexity index is 250. The van der Waals surface area contributed by atoms with Crippen LogP contribution in [0, 0.1) is 11.8 Å². The van der Waals surface area contributed by atoms with Crippen LogP contribution in [0.5, 0.6) is 0 Å². The number of amides is 1. The molecule has 3 atom stereocenters. The van der Waals surface area contributed by atoms with Crippen LogP contribution in [-0.2, 0) is 4.79 Å². The van der Waals surface area contributed by atoms with Crippen LogP contribution < -0.4 is 10.6 Å². The van der Waals surface area contributed by atoms with Gasteiger partial charge in [0.1, 0.15) is 0 Å². The quantitative estimate of drug-likeness (QED) is 0.746. The van der Waals surface area contributed by atoms with E-state index < -0.39 is 0 Å². The molecule has 2 N–H and O–H groups in total. The number of hydrogen-bond acceptors (Lipinski definition) is 2. The zero-order valence-electron chi connectivity index (χ0n) is 10.5. The molecule has 92 valence electrons. The van der Waals surface area contributed by atoms with Crippen LogP contribution in [0.25, 0.3) is 0 Å². The first-order valence-electron chi connectivity index (χ1n) is 6.78. The van der Waals surface area contributed by atoms with Crippen LogP contribution >= 0.6 is 0 Å². The third kappa shape index (κ3) is 2.40. The molecular weight excluding hydrogens is 200 g/mol. The monoisotopic (exact) mass is 224 g/mol. The van der Waals surface area contributed by atoms with Crippen molar-refractivity contribution in [3.8, 4) is 0 Å². The molecule has 0 aromatic heterocycles. The second kappa shape index (κ2) is 5.17. The molecule has 3 nitrogen and oxygen atoms in total. The fourth-order valence-electron chi connectivity index (χ4n) is 3.07. The maximum Gasteiger partial charge on any atom is 0.224 e.